The normalized spacial score (nSPS) is 16.1. The van der Waals surface area contributed by atoms with E-state index in [-0.39, 0.29) is 5.91 Å². The first kappa shape index (κ1) is 15.3. The van der Waals surface area contributed by atoms with Crippen LogP contribution in [0.3, 0.4) is 0 Å². The van der Waals surface area contributed by atoms with E-state index in [0.717, 1.165) is 43.6 Å². The third-order valence-corrected chi connectivity index (χ3v) is 4.45. The van der Waals surface area contributed by atoms with Gasteiger partial charge in [0.05, 0.1) is 0 Å². The largest absolute Gasteiger partial charge is 0.370 e. The molecule has 0 saturated carbocycles. The van der Waals surface area contributed by atoms with Crippen LogP contribution >= 0.6 is 15.9 Å². The number of benzene rings is 1. The zero-order valence-electron chi connectivity index (χ0n) is 12.2. The van der Waals surface area contributed by atoms with Gasteiger partial charge in [0.25, 0.3) is 0 Å². The van der Waals surface area contributed by atoms with E-state index in [1.807, 2.05) is 11.9 Å². The minimum Gasteiger partial charge on any atom is -0.370 e. The first-order valence-corrected chi connectivity index (χ1v) is 7.84. The zero-order valence-corrected chi connectivity index (χ0v) is 13.7. The summed E-state index contributed by atoms with van der Waals surface area (Å²) in [5, 5.41) is 3.16. The molecule has 1 aliphatic heterocycles. The topological polar surface area (TPSA) is 35.6 Å². The molecule has 0 bridgehead atoms. The molecule has 4 nitrogen and oxygen atoms in total. The molecule has 110 valence electrons. The second-order valence-electron chi connectivity index (χ2n) is 5.15. The minimum atomic E-state index is 0.178. The van der Waals surface area contributed by atoms with Gasteiger partial charge in [0.2, 0.25) is 5.91 Å². The van der Waals surface area contributed by atoms with Crippen LogP contribution in [0.2, 0.25) is 0 Å². The molecule has 0 radical (unpaired) electrons. The lowest BCUT2D eigenvalue weighted by molar-refractivity contribution is -0.128. The Bertz CT molecular complexity index is 478. The van der Waals surface area contributed by atoms with Crippen LogP contribution in [0.1, 0.15) is 18.9 Å². The smallest absolute Gasteiger partial charge is 0.219 e. The number of nitrogens with zero attached hydrogens (tertiary/aromatic N) is 2. The number of anilines is 1. The Morgan fingerprint density at radius 2 is 2.10 bits per heavy atom. The Kier molecular flexibility index (Phi) is 5.43. The van der Waals surface area contributed by atoms with Gasteiger partial charge >= 0.3 is 0 Å². The van der Waals surface area contributed by atoms with Gasteiger partial charge in [-0.25, -0.2) is 0 Å². The monoisotopic (exact) mass is 339 g/mol. The van der Waals surface area contributed by atoms with Gasteiger partial charge in [-0.3, -0.25) is 4.79 Å². The molecule has 1 aromatic carbocycles. The summed E-state index contributed by atoms with van der Waals surface area (Å²) in [6, 6.07) is 6.50. The highest BCUT2D eigenvalue weighted by atomic mass is 79.9. The Hall–Kier alpha value is -1.07. The van der Waals surface area contributed by atoms with Crippen molar-refractivity contribution in [3.63, 3.8) is 0 Å². The molecule has 20 heavy (non-hydrogen) atoms. The molecular formula is C15H22BrN3O. The van der Waals surface area contributed by atoms with E-state index in [0.29, 0.717) is 0 Å². The molecule has 0 spiro atoms. The fraction of sp³-hybridized carbons (Fsp3) is 0.533. The summed E-state index contributed by atoms with van der Waals surface area (Å²) in [6.45, 7) is 6.09. The van der Waals surface area contributed by atoms with Gasteiger partial charge in [0.15, 0.2) is 0 Å². The molecule has 0 aromatic heterocycles. The van der Waals surface area contributed by atoms with E-state index < -0.39 is 0 Å². The fourth-order valence-corrected chi connectivity index (χ4v) is 3.06. The highest BCUT2D eigenvalue weighted by molar-refractivity contribution is 9.10. The molecular weight excluding hydrogens is 318 g/mol. The van der Waals surface area contributed by atoms with E-state index in [9.17, 15) is 4.79 Å². The van der Waals surface area contributed by atoms with Crippen LogP contribution in [-0.2, 0) is 11.3 Å². The number of hydrogen-bond donors (Lipinski definition) is 1. The lowest BCUT2D eigenvalue weighted by Gasteiger charge is -2.24. The second kappa shape index (κ2) is 7.09. The van der Waals surface area contributed by atoms with Gasteiger partial charge in [0.1, 0.15) is 0 Å². The summed E-state index contributed by atoms with van der Waals surface area (Å²) >= 11 is 3.64. The molecule has 1 saturated heterocycles. The second-order valence-corrected chi connectivity index (χ2v) is 6.01. The SMILES string of the molecule is CNCc1ccc(N2CCCN(C(C)=O)CC2)cc1Br. The molecule has 2 rings (SSSR count). The van der Waals surface area contributed by atoms with Gasteiger partial charge in [-0.2, -0.15) is 0 Å². The molecule has 0 unspecified atom stereocenters. The fourth-order valence-electron chi connectivity index (χ4n) is 2.56. The van der Waals surface area contributed by atoms with Crippen molar-refractivity contribution in [2.75, 3.05) is 38.1 Å². The zero-order chi connectivity index (χ0) is 14.5. The number of hydrogen-bond acceptors (Lipinski definition) is 3. The third kappa shape index (κ3) is 3.73. The predicted octanol–water partition coefficient (Wildman–Crippen LogP) is 2.23. The molecule has 0 atom stereocenters. The number of amides is 1. The van der Waals surface area contributed by atoms with Crippen LogP contribution in [0.15, 0.2) is 22.7 Å². The predicted molar refractivity (Wildman–Crippen MR) is 86.0 cm³/mol. The highest BCUT2D eigenvalue weighted by Gasteiger charge is 2.17. The molecule has 1 fully saturated rings. The van der Waals surface area contributed by atoms with Gasteiger partial charge in [-0.1, -0.05) is 22.0 Å². The van der Waals surface area contributed by atoms with Crippen LogP contribution in [-0.4, -0.2) is 44.0 Å². The van der Waals surface area contributed by atoms with Crippen molar-refractivity contribution in [2.45, 2.75) is 19.9 Å². The van der Waals surface area contributed by atoms with Crippen molar-refractivity contribution in [1.82, 2.24) is 10.2 Å². The quantitative estimate of drug-likeness (QED) is 0.917. The van der Waals surface area contributed by atoms with Crippen molar-refractivity contribution in [3.05, 3.63) is 28.2 Å². The summed E-state index contributed by atoms with van der Waals surface area (Å²) in [4.78, 5) is 15.8. The summed E-state index contributed by atoms with van der Waals surface area (Å²) < 4.78 is 1.14. The van der Waals surface area contributed by atoms with Crippen LogP contribution in [0.5, 0.6) is 0 Å². The molecule has 1 aliphatic rings. The van der Waals surface area contributed by atoms with Crippen LogP contribution in [0.25, 0.3) is 0 Å². The highest BCUT2D eigenvalue weighted by Crippen LogP contribution is 2.25. The van der Waals surface area contributed by atoms with E-state index in [1.54, 1.807) is 6.92 Å². The average molecular weight is 340 g/mol. The van der Waals surface area contributed by atoms with Gasteiger partial charge < -0.3 is 15.1 Å². The van der Waals surface area contributed by atoms with Gasteiger partial charge in [0, 0.05) is 49.8 Å². The Labute approximate surface area is 129 Å². The van der Waals surface area contributed by atoms with Crippen LogP contribution < -0.4 is 10.2 Å². The van der Waals surface area contributed by atoms with Crippen molar-refractivity contribution >= 4 is 27.5 Å². The van der Waals surface area contributed by atoms with E-state index in [4.69, 9.17) is 0 Å². The van der Waals surface area contributed by atoms with Crippen LogP contribution in [0.4, 0.5) is 5.69 Å². The maximum Gasteiger partial charge on any atom is 0.219 e. The molecule has 1 amide bonds. The third-order valence-electron chi connectivity index (χ3n) is 3.71. The lowest BCUT2D eigenvalue weighted by Crippen LogP contribution is -2.33. The average Bonchev–Trinajstić information content (AvgIpc) is 2.67. The standard InChI is InChI=1S/C15H22BrN3O/c1-12(20)18-6-3-7-19(9-8-18)14-5-4-13(11-17-2)15(16)10-14/h4-5,10,17H,3,6-9,11H2,1-2H3. The van der Waals surface area contributed by atoms with Crippen molar-refractivity contribution < 1.29 is 4.79 Å². The van der Waals surface area contributed by atoms with Crippen molar-refractivity contribution in [3.8, 4) is 0 Å². The summed E-state index contributed by atoms with van der Waals surface area (Å²) in [5.41, 5.74) is 2.48. The Morgan fingerprint density at radius 3 is 2.75 bits per heavy atom. The summed E-state index contributed by atoms with van der Waals surface area (Å²) in [7, 11) is 1.95. The number of halogens is 1. The summed E-state index contributed by atoms with van der Waals surface area (Å²) in [5.74, 6) is 0.178. The number of rotatable bonds is 3. The van der Waals surface area contributed by atoms with E-state index in [1.165, 1.54) is 11.3 Å². The Morgan fingerprint density at radius 1 is 1.30 bits per heavy atom. The van der Waals surface area contributed by atoms with Gasteiger partial charge in [-0.05, 0) is 31.2 Å². The van der Waals surface area contributed by atoms with Gasteiger partial charge in [-0.15, -0.1) is 0 Å². The van der Waals surface area contributed by atoms with Crippen molar-refractivity contribution in [2.24, 2.45) is 0 Å². The Balaban J connectivity index is 2.08. The van der Waals surface area contributed by atoms with E-state index in [2.05, 4.69) is 44.3 Å². The van der Waals surface area contributed by atoms with Crippen molar-refractivity contribution in [1.29, 1.82) is 0 Å². The molecule has 1 N–H and O–H groups in total. The molecule has 1 heterocycles. The summed E-state index contributed by atoms with van der Waals surface area (Å²) in [6.07, 6.45) is 1.02. The maximum absolute atomic E-state index is 11.5. The number of carbonyl (C=O) groups is 1. The minimum absolute atomic E-state index is 0.178. The number of nitrogens with one attached hydrogen (secondary N) is 1. The molecule has 0 aliphatic carbocycles. The first-order valence-electron chi connectivity index (χ1n) is 7.05. The first-order chi connectivity index (χ1) is 9.61. The van der Waals surface area contributed by atoms with Crippen LogP contribution in [0, 0.1) is 0 Å². The lowest BCUT2D eigenvalue weighted by atomic mass is 10.2. The molecule has 5 heteroatoms. The van der Waals surface area contributed by atoms with E-state index >= 15 is 0 Å². The maximum atomic E-state index is 11.5. The number of carbonyl (C=O) groups excluding carboxylic acids is 1. The molecule has 1 aromatic rings.